The number of aliphatic carboxylic acids is 1. The summed E-state index contributed by atoms with van der Waals surface area (Å²) in [6.45, 7) is 3.85. The van der Waals surface area contributed by atoms with E-state index in [-0.39, 0.29) is 19.0 Å². The predicted molar refractivity (Wildman–Crippen MR) is 69.0 cm³/mol. The molecule has 1 saturated heterocycles. The van der Waals surface area contributed by atoms with E-state index in [1.165, 1.54) is 4.31 Å². The molecule has 19 heavy (non-hydrogen) atoms. The quantitative estimate of drug-likeness (QED) is 0.775. The number of aliphatic hydroxyl groups is 1. The fourth-order valence-corrected chi connectivity index (χ4v) is 5.19. The molecular weight excluding hydrogens is 270 g/mol. The van der Waals surface area contributed by atoms with Crippen LogP contribution in [-0.2, 0) is 14.8 Å². The maximum atomic E-state index is 12.4. The third kappa shape index (κ3) is 2.39. The van der Waals surface area contributed by atoms with Crippen molar-refractivity contribution >= 4 is 16.0 Å². The molecule has 1 saturated carbocycles. The van der Waals surface area contributed by atoms with Crippen molar-refractivity contribution in [2.24, 2.45) is 11.8 Å². The number of carbonyl (C=O) groups is 1. The lowest BCUT2D eigenvalue weighted by Gasteiger charge is -2.49. The SMILES string of the molecule is CC(C)C1(O)CN(S(=O)(=O)C2CCCC2C(=O)O)C1. The van der Waals surface area contributed by atoms with Crippen molar-refractivity contribution < 1.29 is 23.4 Å². The van der Waals surface area contributed by atoms with Gasteiger partial charge in [0, 0.05) is 13.1 Å². The Morgan fingerprint density at radius 1 is 1.32 bits per heavy atom. The van der Waals surface area contributed by atoms with E-state index in [4.69, 9.17) is 5.11 Å². The van der Waals surface area contributed by atoms with Crippen molar-refractivity contribution in [2.75, 3.05) is 13.1 Å². The average Bonchev–Trinajstić information content (AvgIpc) is 2.73. The van der Waals surface area contributed by atoms with Gasteiger partial charge in [-0.2, -0.15) is 4.31 Å². The zero-order valence-corrected chi connectivity index (χ0v) is 12.1. The zero-order valence-electron chi connectivity index (χ0n) is 11.2. The molecule has 0 aromatic rings. The third-order valence-corrected chi connectivity index (χ3v) is 6.79. The largest absolute Gasteiger partial charge is 0.481 e. The van der Waals surface area contributed by atoms with Crippen molar-refractivity contribution in [3.8, 4) is 0 Å². The summed E-state index contributed by atoms with van der Waals surface area (Å²) < 4.78 is 26.0. The molecule has 2 unspecified atom stereocenters. The van der Waals surface area contributed by atoms with Gasteiger partial charge in [-0.3, -0.25) is 4.79 Å². The van der Waals surface area contributed by atoms with Crippen molar-refractivity contribution in [3.05, 3.63) is 0 Å². The molecule has 0 amide bonds. The Labute approximate surface area is 113 Å². The summed E-state index contributed by atoms with van der Waals surface area (Å²) >= 11 is 0. The molecule has 0 aromatic heterocycles. The van der Waals surface area contributed by atoms with Crippen LogP contribution in [0.15, 0.2) is 0 Å². The maximum Gasteiger partial charge on any atom is 0.307 e. The molecule has 2 atom stereocenters. The van der Waals surface area contributed by atoms with E-state index in [0.29, 0.717) is 19.3 Å². The first-order valence-electron chi connectivity index (χ1n) is 6.62. The number of carboxylic acid groups (broad SMARTS) is 1. The first-order valence-corrected chi connectivity index (χ1v) is 8.13. The highest BCUT2D eigenvalue weighted by molar-refractivity contribution is 7.89. The van der Waals surface area contributed by atoms with Crippen molar-refractivity contribution in [2.45, 2.75) is 44.0 Å². The third-order valence-electron chi connectivity index (χ3n) is 4.49. The van der Waals surface area contributed by atoms with E-state index in [1.54, 1.807) is 0 Å². The highest BCUT2D eigenvalue weighted by atomic mass is 32.2. The van der Waals surface area contributed by atoms with Crippen LogP contribution in [0.25, 0.3) is 0 Å². The Kier molecular flexibility index (Phi) is 3.66. The first-order chi connectivity index (χ1) is 8.68. The lowest BCUT2D eigenvalue weighted by Crippen LogP contribution is -2.67. The Balaban J connectivity index is 2.11. The molecule has 0 spiro atoms. The second kappa shape index (κ2) is 4.71. The molecule has 2 rings (SSSR count). The summed E-state index contributed by atoms with van der Waals surface area (Å²) in [6.07, 6.45) is 1.45. The zero-order chi connectivity index (χ0) is 14.4. The van der Waals surface area contributed by atoms with E-state index in [2.05, 4.69) is 0 Å². The molecule has 2 N–H and O–H groups in total. The molecule has 2 aliphatic rings. The van der Waals surface area contributed by atoms with Crippen LogP contribution in [0.1, 0.15) is 33.1 Å². The van der Waals surface area contributed by atoms with Crippen LogP contribution in [0.2, 0.25) is 0 Å². The Morgan fingerprint density at radius 2 is 1.89 bits per heavy atom. The van der Waals surface area contributed by atoms with Gasteiger partial charge in [-0.25, -0.2) is 8.42 Å². The van der Waals surface area contributed by atoms with Crippen LogP contribution in [-0.4, -0.2) is 52.8 Å². The fraction of sp³-hybridized carbons (Fsp3) is 0.917. The van der Waals surface area contributed by atoms with Crippen LogP contribution in [0.4, 0.5) is 0 Å². The van der Waals surface area contributed by atoms with Crippen molar-refractivity contribution in [1.82, 2.24) is 4.31 Å². The average molecular weight is 291 g/mol. The summed E-state index contributed by atoms with van der Waals surface area (Å²) in [5.74, 6) is -1.86. The van der Waals surface area contributed by atoms with Gasteiger partial charge in [0.05, 0.1) is 16.8 Å². The Bertz CT molecular complexity index is 467. The molecule has 1 aliphatic carbocycles. The van der Waals surface area contributed by atoms with Gasteiger partial charge in [0.25, 0.3) is 0 Å². The highest BCUT2D eigenvalue weighted by Gasteiger charge is 2.53. The summed E-state index contributed by atoms with van der Waals surface area (Å²) in [5, 5.41) is 18.4. The molecule has 110 valence electrons. The minimum atomic E-state index is -3.61. The van der Waals surface area contributed by atoms with E-state index in [1.807, 2.05) is 13.8 Å². The molecule has 7 heteroatoms. The number of hydrogen-bond donors (Lipinski definition) is 2. The van der Waals surface area contributed by atoms with Crippen molar-refractivity contribution in [1.29, 1.82) is 0 Å². The molecule has 6 nitrogen and oxygen atoms in total. The van der Waals surface area contributed by atoms with Gasteiger partial charge >= 0.3 is 5.97 Å². The second-order valence-corrected chi connectivity index (χ2v) is 8.14. The van der Waals surface area contributed by atoms with Gasteiger partial charge in [0.1, 0.15) is 0 Å². The molecular formula is C12H21NO5S. The van der Waals surface area contributed by atoms with E-state index in [0.717, 1.165) is 0 Å². The lowest BCUT2D eigenvalue weighted by atomic mass is 9.85. The molecule has 1 heterocycles. The number of hydrogen-bond acceptors (Lipinski definition) is 4. The Morgan fingerprint density at radius 3 is 2.37 bits per heavy atom. The monoisotopic (exact) mass is 291 g/mol. The van der Waals surface area contributed by atoms with E-state index >= 15 is 0 Å². The summed E-state index contributed by atoms with van der Waals surface area (Å²) in [5.41, 5.74) is -0.968. The van der Waals surface area contributed by atoms with Crippen LogP contribution < -0.4 is 0 Å². The van der Waals surface area contributed by atoms with Gasteiger partial charge in [0.15, 0.2) is 0 Å². The topological polar surface area (TPSA) is 94.9 Å². The smallest absolute Gasteiger partial charge is 0.307 e. The lowest BCUT2D eigenvalue weighted by molar-refractivity contribution is -0.141. The minimum Gasteiger partial charge on any atom is -0.481 e. The molecule has 1 aliphatic heterocycles. The summed E-state index contributed by atoms with van der Waals surface area (Å²) in [6, 6.07) is 0. The standard InChI is InChI=1S/C12H21NO5S/c1-8(2)12(16)6-13(7-12)19(17,18)10-5-3-4-9(10)11(14)15/h8-10,16H,3-7H2,1-2H3,(H,14,15). The van der Waals surface area contributed by atoms with Gasteiger partial charge in [-0.1, -0.05) is 20.3 Å². The van der Waals surface area contributed by atoms with Crippen LogP contribution >= 0.6 is 0 Å². The van der Waals surface area contributed by atoms with Crippen LogP contribution in [0.5, 0.6) is 0 Å². The predicted octanol–water partition coefficient (Wildman–Crippen LogP) is 0.272. The second-order valence-electron chi connectivity index (χ2n) is 5.99. The molecule has 2 fully saturated rings. The summed E-state index contributed by atoms with van der Waals surface area (Å²) in [7, 11) is -3.61. The van der Waals surface area contributed by atoms with Gasteiger partial charge in [-0.15, -0.1) is 0 Å². The first kappa shape index (κ1) is 14.7. The van der Waals surface area contributed by atoms with Crippen LogP contribution in [0.3, 0.4) is 0 Å². The number of rotatable bonds is 4. The normalized spacial score (nSPS) is 31.4. The van der Waals surface area contributed by atoms with E-state index < -0.39 is 32.8 Å². The number of sulfonamides is 1. The number of carboxylic acids is 1. The van der Waals surface area contributed by atoms with Crippen LogP contribution in [0, 0.1) is 11.8 Å². The van der Waals surface area contributed by atoms with Gasteiger partial charge < -0.3 is 10.2 Å². The highest BCUT2D eigenvalue weighted by Crippen LogP contribution is 2.38. The minimum absolute atomic E-state index is 0.0159. The van der Waals surface area contributed by atoms with E-state index in [9.17, 15) is 18.3 Å². The molecule has 0 radical (unpaired) electrons. The number of β-amino-alcohol motifs (C(OH)–C–C–N with tert-alkyl or cyclic N) is 1. The molecule has 0 aromatic carbocycles. The number of nitrogens with zero attached hydrogens (tertiary/aromatic N) is 1. The summed E-state index contributed by atoms with van der Waals surface area (Å²) in [4.78, 5) is 11.1. The fourth-order valence-electron chi connectivity index (χ4n) is 2.87. The maximum absolute atomic E-state index is 12.4. The Hall–Kier alpha value is -0.660. The van der Waals surface area contributed by atoms with Crippen molar-refractivity contribution in [3.63, 3.8) is 0 Å². The van der Waals surface area contributed by atoms with Gasteiger partial charge in [-0.05, 0) is 18.8 Å². The van der Waals surface area contributed by atoms with Gasteiger partial charge in [0.2, 0.25) is 10.0 Å². The molecule has 0 bridgehead atoms.